The number of fused-ring (bicyclic) bond motifs is 1. The first-order valence-electron chi connectivity index (χ1n) is 4.69. The van der Waals surface area contributed by atoms with Gasteiger partial charge in [-0.05, 0) is 12.8 Å². The van der Waals surface area contributed by atoms with E-state index in [1.807, 2.05) is 0 Å². The van der Waals surface area contributed by atoms with Crippen LogP contribution in [0.2, 0.25) is 0 Å². The van der Waals surface area contributed by atoms with Crippen molar-refractivity contribution >= 4 is 11.9 Å². The van der Waals surface area contributed by atoms with Gasteiger partial charge >= 0.3 is 6.09 Å². The van der Waals surface area contributed by atoms with E-state index in [0.717, 1.165) is 12.8 Å². The molecule has 1 N–H and O–H groups in total. The van der Waals surface area contributed by atoms with Crippen LogP contribution in [0, 0.1) is 0 Å². The Morgan fingerprint density at radius 3 is 3.07 bits per heavy atom. The van der Waals surface area contributed by atoms with E-state index in [1.54, 1.807) is 0 Å². The van der Waals surface area contributed by atoms with Gasteiger partial charge in [-0.15, -0.1) is 0 Å². The molecule has 1 saturated carbocycles. The summed E-state index contributed by atoms with van der Waals surface area (Å²) in [4.78, 5) is 20.3. The number of rotatable bonds is 0. The van der Waals surface area contributed by atoms with E-state index < -0.39 is 6.09 Å². The number of nitrogens with zero attached hydrogens (tertiary/aromatic N) is 3. The summed E-state index contributed by atoms with van der Waals surface area (Å²) in [5, 5.41) is 9.17. The zero-order chi connectivity index (χ0) is 10.5. The average molecular weight is 207 g/mol. The van der Waals surface area contributed by atoms with Crippen LogP contribution < -0.4 is 9.64 Å². The Labute approximate surface area is 85.5 Å². The van der Waals surface area contributed by atoms with Crippen LogP contribution in [0.3, 0.4) is 0 Å². The zero-order valence-corrected chi connectivity index (χ0v) is 7.88. The second-order valence-electron chi connectivity index (χ2n) is 3.84. The van der Waals surface area contributed by atoms with Gasteiger partial charge in [0, 0.05) is 0 Å². The summed E-state index contributed by atoms with van der Waals surface area (Å²) in [7, 11) is 0. The van der Waals surface area contributed by atoms with Gasteiger partial charge in [-0.3, -0.25) is 0 Å². The van der Waals surface area contributed by atoms with Crippen molar-refractivity contribution in [2.45, 2.75) is 18.4 Å². The third kappa shape index (κ3) is 1.07. The number of hydrogen-bond donors (Lipinski definition) is 1. The summed E-state index contributed by atoms with van der Waals surface area (Å²) in [6, 6.07) is 0. The second kappa shape index (κ2) is 2.59. The molecule has 1 aromatic heterocycles. The summed E-state index contributed by atoms with van der Waals surface area (Å²) in [6.07, 6.45) is 3.52. The summed E-state index contributed by atoms with van der Waals surface area (Å²) in [6.45, 7) is 0.402. The molecule has 3 rings (SSSR count). The minimum atomic E-state index is -0.976. The van der Waals surface area contributed by atoms with E-state index in [2.05, 4.69) is 9.97 Å². The van der Waals surface area contributed by atoms with Crippen molar-refractivity contribution in [3.05, 3.63) is 12.5 Å². The van der Waals surface area contributed by atoms with E-state index in [9.17, 15) is 9.90 Å². The first kappa shape index (κ1) is 8.46. The van der Waals surface area contributed by atoms with Crippen molar-refractivity contribution in [3.8, 4) is 5.75 Å². The van der Waals surface area contributed by atoms with Crippen molar-refractivity contribution < 1.29 is 14.6 Å². The summed E-state index contributed by atoms with van der Waals surface area (Å²) < 4.78 is 5.45. The minimum Gasteiger partial charge on any atom is -0.486 e. The van der Waals surface area contributed by atoms with Crippen LogP contribution in [-0.2, 0) is 0 Å². The van der Waals surface area contributed by atoms with Crippen molar-refractivity contribution in [3.63, 3.8) is 0 Å². The quantitative estimate of drug-likeness (QED) is 0.683. The Kier molecular flexibility index (Phi) is 1.46. The highest BCUT2D eigenvalue weighted by Crippen LogP contribution is 2.49. The Bertz CT molecular complexity index is 430. The van der Waals surface area contributed by atoms with Crippen LogP contribution >= 0.6 is 0 Å². The van der Waals surface area contributed by atoms with Gasteiger partial charge in [0.15, 0.2) is 11.6 Å². The topological polar surface area (TPSA) is 75.5 Å². The van der Waals surface area contributed by atoms with E-state index >= 15 is 0 Å². The molecule has 0 radical (unpaired) electrons. The maximum Gasteiger partial charge on any atom is 0.413 e. The minimum absolute atomic E-state index is 0.362. The first-order valence-corrected chi connectivity index (χ1v) is 4.69. The number of anilines is 1. The van der Waals surface area contributed by atoms with Gasteiger partial charge in [-0.2, -0.15) is 0 Å². The van der Waals surface area contributed by atoms with Crippen LogP contribution in [0.15, 0.2) is 12.5 Å². The lowest BCUT2D eigenvalue weighted by atomic mass is 10.2. The molecule has 0 aromatic carbocycles. The van der Waals surface area contributed by atoms with E-state index in [1.165, 1.54) is 17.4 Å². The van der Waals surface area contributed by atoms with Gasteiger partial charge in [0.05, 0.1) is 11.7 Å². The molecule has 15 heavy (non-hydrogen) atoms. The number of carbonyl (C=O) groups is 1. The summed E-state index contributed by atoms with van der Waals surface area (Å²) >= 11 is 0. The number of hydrogen-bond acceptors (Lipinski definition) is 4. The van der Waals surface area contributed by atoms with Gasteiger partial charge < -0.3 is 9.84 Å². The molecule has 0 unspecified atom stereocenters. The highest BCUT2D eigenvalue weighted by atomic mass is 16.5. The normalized spacial score (nSPS) is 20.7. The summed E-state index contributed by atoms with van der Waals surface area (Å²) in [5.41, 5.74) is -0.368. The van der Waals surface area contributed by atoms with Crippen molar-refractivity contribution in [1.82, 2.24) is 9.97 Å². The predicted molar refractivity (Wildman–Crippen MR) is 50.0 cm³/mol. The van der Waals surface area contributed by atoms with E-state index in [0.29, 0.717) is 18.2 Å². The van der Waals surface area contributed by atoms with E-state index in [4.69, 9.17) is 4.74 Å². The molecule has 2 aliphatic rings. The van der Waals surface area contributed by atoms with Crippen molar-refractivity contribution in [2.24, 2.45) is 0 Å². The van der Waals surface area contributed by atoms with Gasteiger partial charge in [0.1, 0.15) is 12.9 Å². The SMILES string of the molecule is O=C(O)N1c2ncncc2OCC12CC2. The largest absolute Gasteiger partial charge is 0.486 e. The maximum absolute atomic E-state index is 11.2. The number of ether oxygens (including phenoxy) is 1. The fourth-order valence-electron chi connectivity index (χ4n) is 1.89. The van der Waals surface area contributed by atoms with Crippen LogP contribution in [0.5, 0.6) is 5.75 Å². The van der Waals surface area contributed by atoms with Crippen LogP contribution in [-0.4, -0.2) is 33.3 Å². The van der Waals surface area contributed by atoms with Gasteiger partial charge in [0.2, 0.25) is 0 Å². The van der Waals surface area contributed by atoms with Gasteiger partial charge in [-0.1, -0.05) is 0 Å². The lowest BCUT2D eigenvalue weighted by molar-refractivity contribution is 0.183. The lowest BCUT2D eigenvalue weighted by Crippen LogP contribution is -2.48. The molecule has 1 aromatic rings. The molecule has 78 valence electrons. The smallest absolute Gasteiger partial charge is 0.413 e. The molecular weight excluding hydrogens is 198 g/mol. The molecule has 1 amide bonds. The molecule has 1 fully saturated rings. The molecule has 0 bridgehead atoms. The number of aromatic nitrogens is 2. The average Bonchev–Trinajstić information content (AvgIpc) is 2.98. The monoisotopic (exact) mass is 207 g/mol. The fourth-order valence-corrected chi connectivity index (χ4v) is 1.89. The fraction of sp³-hybridized carbons (Fsp3) is 0.444. The highest BCUT2D eigenvalue weighted by molar-refractivity contribution is 5.89. The molecule has 1 spiro atoms. The first-order chi connectivity index (χ1) is 7.23. The van der Waals surface area contributed by atoms with Crippen LogP contribution in [0.1, 0.15) is 12.8 Å². The van der Waals surface area contributed by atoms with Crippen molar-refractivity contribution in [1.29, 1.82) is 0 Å². The van der Waals surface area contributed by atoms with E-state index in [-0.39, 0.29) is 5.54 Å². The Balaban J connectivity index is 2.12. The van der Waals surface area contributed by atoms with Gasteiger partial charge in [-0.25, -0.2) is 19.7 Å². The summed E-state index contributed by atoms with van der Waals surface area (Å²) in [5.74, 6) is 0.804. The predicted octanol–water partition coefficient (Wildman–Crippen LogP) is 0.886. The Hall–Kier alpha value is -1.85. The third-order valence-electron chi connectivity index (χ3n) is 2.86. The van der Waals surface area contributed by atoms with Crippen LogP contribution in [0.25, 0.3) is 0 Å². The van der Waals surface area contributed by atoms with Gasteiger partial charge in [0.25, 0.3) is 0 Å². The second-order valence-corrected chi connectivity index (χ2v) is 3.84. The molecule has 0 saturated heterocycles. The lowest BCUT2D eigenvalue weighted by Gasteiger charge is -2.33. The number of amides is 1. The molecule has 6 nitrogen and oxygen atoms in total. The number of carboxylic acid groups (broad SMARTS) is 1. The molecule has 1 aliphatic carbocycles. The molecule has 6 heteroatoms. The maximum atomic E-state index is 11.2. The standard InChI is InChI=1S/C9H9N3O3/c13-8(14)12-7-6(3-10-5-11-7)15-4-9(12)1-2-9/h3,5H,1-2,4H2,(H,13,14). The highest BCUT2D eigenvalue weighted by Gasteiger charge is 2.55. The third-order valence-corrected chi connectivity index (χ3v) is 2.86. The molecular formula is C9H9N3O3. The Morgan fingerprint density at radius 1 is 1.60 bits per heavy atom. The molecule has 2 heterocycles. The Morgan fingerprint density at radius 2 is 2.40 bits per heavy atom. The molecule has 0 atom stereocenters. The zero-order valence-electron chi connectivity index (χ0n) is 7.88. The van der Waals surface area contributed by atoms with Crippen LogP contribution in [0.4, 0.5) is 10.6 Å². The van der Waals surface area contributed by atoms with Crippen molar-refractivity contribution in [2.75, 3.05) is 11.5 Å². The molecule has 1 aliphatic heterocycles.